The van der Waals surface area contributed by atoms with Crippen molar-refractivity contribution in [3.63, 3.8) is 0 Å². The fourth-order valence-corrected chi connectivity index (χ4v) is 1.80. The number of fused-ring (bicyclic) bond motifs is 1. The van der Waals surface area contributed by atoms with Crippen LogP contribution in [0.15, 0.2) is 24.4 Å². The Morgan fingerprint density at radius 1 is 1.40 bits per heavy atom. The van der Waals surface area contributed by atoms with Crippen LogP contribution in [0.5, 0.6) is 0 Å². The smallest absolute Gasteiger partial charge is 0.106 e. The van der Waals surface area contributed by atoms with E-state index in [9.17, 15) is 10.2 Å². The summed E-state index contributed by atoms with van der Waals surface area (Å²) in [6.45, 7) is 0. The Kier molecular flexibility index (Phi) is 3.04. The fraction of sp³-hybridized carbons (Fsp3) is 0.300. The average molecular weight is 271 g/mol. The van der Waals surface area contributed by atoms with Crippen molar-refractivity contribution in [3.8, 4) is 0 Å². The van der Waals surface area contributed by atoms with Crippen LogP contribution in [0.3, 0.4) is 0 Å². The number of hydrogen-bond acceptors (Lipinski definition) is 3. The van der Waals surface area contributed by atoms with Crippen LogP contribution in [0.25, 0.3) is 10.9 Å². The van der Waals surface area contributed by atoms with Crippen molar-refractivity contribution in [2.24, 2.45) is 0 Å². The first-order valence-corrected chi connectivity index (χ1v) is 5.69. The minimum atomic E-state index is -0.878. The molecule has 0 fully saturated rings. The molecule has 0 aliphatic rings. The summed E-state index contributed by atoms with van der Waals surface area (Å²) in [7, 11) is 0. The van der Waals surface area contributed by atoms with Gasteiger partial charge in [0.2, 0.25) is 0 Å². The number of aromatic amines is 1. The molecule has 0 saturated carbocycles. The summed E-state index contributed by atoms with van der Waals surface area (Å²) in [5.41, 5.74) is 1.53. The highest BCUT2D eigenvalue weighted by Crippen LogP contribution is 2.21. The van der Waals surface area contributed by atoms with Gasteiger partial charge < -0.3 is 10.2 Å². The van der Waals surface area contributed by atoms with Gasteiger partial charge in [0.25, 0.3) is 0 Å². The van der Waals surface area contributed by atoms with Crippen molar-refractivity contribution in [1.29, 1.82) is 0 Å². The average Bonchev–Trinajstić information content (AvgIpc) is 2.73. The summed E-state index contributed by atoms with van der Waals surface area (Å²) in [4.78, 5) is 0. The summed E-state index contributed by atoms with van der Waals surface area (Å²) in [5, 5.41) is 27.3. The molecule has 0 aliphatic heterocycles. The minimum absolute atomic E-state index is 0.342. The lowest BCUT2D eigenvalue weighted by Crippen LogP contribution is -2.19. The number of nitrogens with one attached hydrogen (secondary N) is 1. The summed E-state index contributed by atoms with van der Waals surface area (Å²) in [5.74, 6) is 0. The van der Waals surface area contributed by atoms with Crippen LogP contribution >= 0.6 is 15.9 Å². The number of benzene rings is 1. The van der Waals surface area contributed by atoms with Crippen LogP contribution < -0.4 is 0 Å². The molecule has 0 saturated heterocycles. The number of hydrogen-bond donors (Lipinski definition) is 3. The second kappa shape index (κ2) is 4.30. The Bertz CT molecular complexity index is 457. The lowest BCUT2D eigenvalue weighted by Gasteiger charge is -2.15. The van der Waals surface area contributed by atoms with Crippen molar-refractivity contribution < 1.29 is 10.2 Å². The van der Waals surface area contributed by atoms with Gasteiger partial charge in [-0.15, -0.1) is 0 Å². The minimum Gasteiger partial charge on any atom is -0.389 e. The van der Waals surface area contributed by atoms with E-state index >= 15 is 0 Å². The Labute approximate surface area is 95.1 Å². The maximum atomic E-state index is 9.77. The Morgan fingerprint density at radius 3 is 2.93 bits per heavy atom. The van der Waals surface area contributed by atoms with E-state index in [1.54, 1.807) is 18.3 Å². The normalized spacial score (nSPS) is 15.4. The van der Waals surface area contributed by atoms with E-state index < -0.39 is 12.2 Å². The largest absolute Gasteiger partial charge is 0.389 e. The number of aromatic nitrogens is 2. The second-order valence-corrected chi connectivity index (χ2v) is 4.03. The molecule has 0 radical (unpaired) electrons. The van der Waals surface area contributed by atoms with E-state index in [0.29, 0.717) is 10.9 Å². The number of rotatable bonds is 3. The SMILES string of the molecule is OC(CBr)C(O)c1ccc2cn[nH]c2c1. The van der Waals surface area contributed by atoms with E-state index in [-0.39, 0.29) is 0 Å². The molecular weight excluding hydrogens is 260 g/mol. The molecule has 2 atom stereocenters. The lowest BCUT2D eigenvalue weighted by molar-refractivity contribution is 0.0343. The van der Waals surface area contributed by atoms with Gasteiger partial charge in [-0.2, -0.15) is 5.10 Å². The summed E-state index contributed by atoms with van der Waals surface area (Å²) < 4.78 is 0. The first-order valence-electron chi connectivity index (χ1n) is 4.57. The molecule has 3 N–H and O–H groups in total. The van der Waals surface area contributed by atoms with Crippen molar-refractivity contribution >= 4 is 26.8 Å². The third kappa shape index (κ3) is 2.04. The number of alkyl halides is 1. The highest BCUT2D eigenvalue weighted by molar-refractivity contribution is 9.09. The molecule has 5 heteroatoms. The van der Waals surface area contributed by atoms with Crippen molar-refractivity contribution in [3.05, 3.63) is 30.0 Å². The number of aliphatic hydroxyl groups excluding tert-OH is 2. The van der Waals surface area contributed by atoms with Gasteiger partial charge in [0, 0.05) is 10.7 Å². The molecule has 0 spiro atoms. The number of aliphatic hydroxyl groups is 2. The molecule has 4 nitrogen and oxygen atoms in total. The topological polar surface area (TPSA) is 69.1 Å². The monoisotopic (exact) mass is 270 g/mol. The zero-order valence-electron chi connectivity index (χ0n) is 7.89. The molecule has 2 rings (SSSR count). The Hall–Kier alpha value is -0.910. The highest BCUT2D eigenvalue weighted by atomic mass is 79.9. The van der Waals surface area contributed by atoms with Crippen LogP contribution in [0.1, 0.15) is 11.7 Å². The molecule has 1 aromatic carbocycles. The van der Waals surface area contributed by atoms with Crippen molar-refractivity contribution in [2.45, 2.75) is 12.2 Å². The molecule has 1 aromatic heterocycles. The van der Waals surface area contributed by atoms with Gasteiger partial charge in [-0.25, -0.2) is 0 Å². The van der Waals surface area contributed by atoms with Crippen LogP contribution in [-0.2, 0) is 0 Å². The molecule has 0 aliphatic carbocycles. The van der Waals surface area contributed by atoms with E-state index in [2.05, 4.69) is 26.1 Å². The van der Waals surface area contributed by atoms with E-state index in [1.165, 1.54) is 0 Å². The van der Waals surface area contributed by atoms with Crippen LogP contribution in [0.4, 0.5) is 0 Å². The molecule has 0 amide bonds. The van der Waals surface area contributed by atoms with E-state index in [0.717, 1.165) is 10.9 Å². The second-order valence-electron chi connectivity index (χ2n) is 3.38. The fourth-order valence-electron chi connectivity index (χ4n) is 1.45. The van der Waals surface area contributed by atoms with Gasteiger partial charge in [0.15, 0.2) is 0 Å². The van der Waals surface area contributed by atoms with Crippen LogP contribution in [-0.4, -0.2) is 31.8 Å². The summed E-state index contributed by atoms with van der Waals surface area (Å²) >= 11 is 3.12. The Balaban J connectivity index is 2.35. The third-order valence-corrected chi connectivity index (χ3v) is 2.99. The standard InChI is InChI=1S/C10H11BrN2O2/c11-4-9(14)10(15)6-1-2-7-5-12-13-8(7)3-6/h1-3,5,9-10,14-15H,4H2,(H,12,13). The highest BCUT2D eigenvalue weighted by Gasteiger charge is 2.17. The molecule has 80 valence electrons. The van der Waals surface area contributed by atoms with Crippen molar-refractivity contribution in [1.82, 2.24) is 10.2 Å². The number of nitrogens with zero attached hydrogens (tertiary/aromatic N) is 1. The zero-order valence-corrected chi connectivity index (χ0v) is 9.48. The van der Waals surface area contributed by atoms with Gasteiger partial charge in [-0.05, 0) is 11.6 Å². The van der Waals surface area contributed by atoms with Gasteiger partial charge in [0.05, 0.1) is 17.8 Å². The van der Waals surface area contributed by atoms with E-state index in [4.69, 9.17) is 0 Å². The van der Waals surface area contributed by atoms with Crippen LogP contribution in [0.2, 0.25) is 0 Å². The van der Waals surface area contributed by atoms with Gasteiger partial charge in [-0.1, -0.05) is 28.1 Å². The molecular formula is C10H11BrN2O2. The summed E-state index contributed by atoms with van der Waals surface area (Å²) in [6, 6.07) is 5.44. The quantitative estimate of drug-likeness (QED) is 0.738. The first-order chi connectivity index (χ1) is 7.22. The van der Waals surface area contributed by atoms with Gasteiger partial charge >= 0.3 is 0 Å². The first kappa shape index (κ1) is 10.6. The maximum Gasteiger partial charge on any atom is 0.106 e. The predicted octanol–water partition coefficient (Wildman–Crippen LogP) is 1.35. The van der Waals surface area contributed by atoms with Crippen molar-refractivity contribution in [2.75, 3.05) is 5.33 Å². The maximum absolute atomic E-state index is 9.77. The number of halogens is 1. The predicted molar refractivity (Wildman–Crippen MR) is 60.9 cm³/mol. The zero-order chi connectivity index (χ0) is 10.8. The molecule has 15 heavy (non-hydrogen) atoms. The number of H-pyrrole nitrogens is 1. The lowest BCUT2D eigenvalue weighted by atomic mass is 10.0. The molecule has 2 unspecified atom stereocenters. The third-order valence-electron chi connectivity index (χ3n) is 2.33. The molecule has 2 aromatic rings. The molecule has 1 heterocycles. The van der Waals surface area contributed by atoms with Gasteiger partial charge in [0.1, 0.15) is 6.10 Å². The molecule has 0 bridgehead atoms. The van der Waals surface area contributed by atoms with Gasteiger partial charge in [-0.3, -0.25) is 5.10 Å². The summed E-state index contributed by atoms with van der Waals surface area (Å²) in [6.07, 6.45) is 0.0364. The van der Waals surface area contributed by atoms with E-state index in [1.807, 2.05) is 6.07 Å². The Morgan fingerprint density at radius 2 is 2.20 bits per heavy atom. The van der Waals surface area contributed by atoms with Crippen LogP contribution in [0, 0.1) is 0 Å².